The Hall–Kier alpha value is -3.32. The second kappa shape index (κ2) is 10.3. The fourth-order valence-electron chi connectivity index (χ4n) is 3.92. The highest BCUT2D eigenvalue weighted by Gasteiger charge is 2.31. The number of hydrogen-bond acceptors (Lipinski definition) is 5. The standard InChI is InChI=1S/C24H24ClN5O2/c25-19-6-1-4-17(12-19)13-20-15-27-16-21(29-20)22-7-3-11-30(22)23(31)8-10-28-24(32)18-5-2-9-26-14-18/h1-2,4-6,9,12,14-16,22H,3,7-8,10-11,13H2,(H,28,32)/t22-/m0/s1. The first-order chi connectivity index (χ1) is 15.6. The number of benzene rings is 1. The molecule has 4 rings (SSSR count). The largest absolute Gasteiger partial charge is 0.351 e. The summed E-state index contributed by atoms with van der Waals surface area (Å²) in [6, 6.07) is 11.0. The summed E-state index contributed by atoms with van der Waals surface area (Å²) in [6.07, 6.45) is 9.23. The van der Waals surface area contributed by atoms with Gasteiger partial charge >= 0.3 is 0 Å². The van der Waals surface area contributed by atoms with Crippen molar-refractivity contribution in [1.82, 2.24) is 25.2 Å². The van der Waals surface area contributed by atoms with Gasteiger partial charge < -0.3 is 10.2 Å². The van der Waals surface area contributed by atoms with Crippen molar-refractivity contribution in [2.75, 3.05) is 13.1 Å². The number of nitrogens with zero attached hydrogens (tertiary/aromatic N) is 4. The Balaban J connectivity index is 1.36. The van der Waals surface area contributed by atoms with Crippen molar-refractivity contribution in [2.45, 2.75) is 31.7 Å². The Morgan fingerprint density at radius 1 is 1.12 bits per heavy atom. The van der Waals surface area contributed by atoms with Crippen LogP contribution in [0.3, 0.4) is 0 Å². The van der Waals surface area contributed by atoms with Gasteiger partial charge in [0.05, 0.1) is 29.2 Å². The first-order valence-corrected chi connectivity index (χ1v) is 11.0. The minimum Gasteiger partial charge on any atom is -0.351 e. The molecule has 2 amide bonds. The lowest BCUT2D eigenvalue weighted by atomic mass is 10.1. The zero-order valence-electron chi connectivity index (χ0n) is 17.6. The Labute approximate surface area is 191 Å². The number of carbonyl (C=O) groups excluding carboxylic acids is 2. The lowest BCUT2D eigenvalue weighted by molar-refractivity contribution is -0.132. The SMILES string of the molecule is O=C(NCCC(=O)N1CCC[C@H]1c1cncc(Cc2cccc(Cl)c2)n1)c1cccnc1. The molecule has 1 aromatic carbocycles. The van der Waals surface area contributed by atoms with Gasteiger partial charge in [-0.3, -0.25) is 24.5 Å². The predicted octanol–water partition coefficient (Wildman–Crippen LogP) is 3.60. The zero-order valence-corrected chi connectivity index (χ0v) is 18.3. The van der Waals surface area contributed by atoms with Crippen molar-refractivity contribution in [3.8, 4) is 0 Å². The maximum Gasteiger partial charge on any atom is 0.252 e. The fraction of sp³-hybridized carbons (Fsp3) is 0.292. The molecule has 0 bridgehead atoms. The predicted molar refractivity (Wildman–Crippen MR) is 121 cm³/mol. The van der Waals surface area contributed by atoms with Gasteiger partial charge in [-0.05, 0) is 42.7 Å². The Morgan fingerprint density at radius 3 is 2.84 bits per heavy atom. The van der Waals surface area contributed by atoms with Crippen LogP contribution < -0.4 is 5.32 Å². The minimum atomic E-state index is -0.233. The van der Waals surface area contributed by atoms with Crippen LogP contribution in [0.25, 0.3) is 0 Å². The summed E-state index contributed by atoms with van der Waals surface area (Å²) >= 11 is 6.09. The molecule has 3 aromatic rings. The molecule has 7 nitrogen and oxygen atoms in total. The van der Waals surface area contributed by atoms with E-state index in [1.54, 1.807) is 30.7 Å². The molecule has 0 unspecified atom stereocenters. The molecular weight excluding hydrogens is 426 g/mol. The molecule has 1 saturated heterocycles. The third-order valence-electron chi connectivity index (χ3n) is 5.44. The second-order valence-electron chi connectivity index (χ2n) is 7.73. The Bertz CT molecular complexity index is 1090. The minimum absolute atomic E-state index is 0.000955. The van der Waals surface area contributed by atoms with Gasteiger partial charge in [-0.2, -0.15) is 0 Å². The summed E-state index contributed by atoms with van der Waals surface area (Å²) in [4.78, 5) is 39.9. The average molecular weight is 450 g/mol. The highest BCUT2D eigenvalue weighted by molar-refractivity contribution is 6.30. The Morgan fingerprint density at radius 2 is 2.03 bits per heavy atom. The zero-order chi connectivity index (χ0) is 22.3. The van der Waals surface area contributed by atoms with Crippen molar-refractivity contribution in [2.24, 2.45) is 0 Å². The van der Waals surface area contributed by atoms with Crippen molar-refractivity contribution in [3.05, 3.63) is 88.7 Å². The van der Waals surface area contributed by atoms with E-state index in [4.69, 9.17) is 16.6 Å². The molecule has 32 heavy (non-hydrogen) atoms. The third-order valence-corrected chi connectivity index (χ3v) is 5.68. The topological polar surface area (TPSA) is 88.1 Å². The summed E-state index contributed by atoms with van der Waals surface area (Å²) in [5.74, 6) is -0.232. The smallest absolute Gasteiger partial charge is 0.252 e. The molecule has 3 heterocycles. The van der Waals surface area contributed by atoms with E-state index in [1.165, 1.54) is 6.20 Å². The molecule has 8 heteroatoms. The lowest BCUT2D eigenvalue weighted by Crippen LogP contribution is -2.34. The van der Waals surface area contributed by atoms with Gasteiger partial charge in [-0.1, -0.05) is 23.7 Å². The van der Waals surface area contributed by atoms with E-state index in [9.17, 15) is 9.59 Å². The van der Waals surface area contributed by atoms with Crippen LogP contribution in [0.4, 0.5) is 0 Å². The number of amides is 2. The van der Waals surface area contributed by atoms with E-state index < -0.39 is 0 Å². The van der Waals surface area contributed by atoms with Crippen molar-refractivity contribution in [1.29, 1.82) is 0 Å². The molecule has 1 N–H and O–H groups in total. The summed E-state index contributed by atoms with van der Waals surface area (Å²) in [6.45, 7) is 0.955. The second-order valence-corrected chi connectivity index (χ2v) is 8.17. The molecule has 0 radical (unpaired) electrons. The van der Waals surface area contributed by atoms with Crippen LogP contribution in [-0.4, -0.2) is 44.8 Å². The number of pyridine rings is 1. The number of nitrogens with one attached hydrogen (secondary N) is 1. The van der Waals surface area contributed by atoms with Gasteiger partial charge in [0.1, 0.15) is 0 Å². The maximum atomic E-state index is 12.9. The van der Waals surface area contributed by atoms with Gasteiger partial charge in [0.25, 0.3) is 5.91 Å². The van der Waals surface area contributed by atoms with Gasteiger partial charge in [0.15, 0.2) is 0 Å². The summed E-state index contributed by atoms with van der Waals surface area (Å²) in [5.41, 5.74) is 3.18. The average Bonchev–Trinajstić information content (AvgIpc) is 3.30. The Kier molecular flexibility index (Phi) is 7.07. The van der Waals surface area contributed by atoms with Crippen LogP contribution in [0.2, 0.25) is 5.02 Å². The monoisotopic (exact) mass is 449 g/mol. The van der Waals surface area contributed by atoms with Gasteiger partial charge in [-0.25, -0.2) is 0 Å². The van der Waals surface area contributed by atoms with E-state index in [0.29, 0.717) is 23.6 Å². The summed E-state index contributed by atoms with van der Waals surface area (Å²) in [5, 5.41) is 3.47. The molecule has 0 spiro atoms. The molecule has 0 saturated carbocycles. The van der Waals surface area contributed by atoms with E-state index >= 15 is 0 Å². The molecule has 1 aliphatic heterocycles. The summed E-state index contributed by atoms with van der Waals surface area (Å²) < 4.78 is 0. The summed E-state index contributed by atoms with van der Waals surface area (Å²) in [7, 11) is 0. The first kappa shape index (κ1) is 21.9. The molecule has 164 valence electrons. The third kappa shape index (κ3) is 5.48. The van der Waals surface area contributed by atoms with Crippen LogP contribution in [0.15, 0.2) is 61.2 Å². The quantitative estimate of drug-likeness (QED) is 0.595. The number of carbonyl (C=O) groups is 2. The number of likely N-dealkylation sites (tertiary alicyclic amines) is 1. The molecule has 2 aromatic heterocycles. The lowest BCUT2D eigenvalue weighted by Gasteiger charge is -2.24. The van der Waals surface area contributed by atoms with E-state index in [-0.39, 0.29) is 30.8 Å². The molecule has 1 fully saturated rings. The molecular formula is C24H24ClN5O2. The number of aromatic nitrogens is 3. The van der Waals surface area contributed by atoms with Crippen LogP contribution in [0.1, 0.15) is 52.6 Å². The van der Waals surface area contributed by atoms with Crippen LogP contribution >= 0.6 is 11.6 Å². The normalized spacial score (nSPS) is 15.5. The van der Waals surface area contributed by atoms with E-state index in [2.05, 4.69) is 15.3 Å². The van der Waals surface area contributed by atoms with Crippen molar-refractivity contribution in [3.63, 3.8) is 0 Å². The maximum absolute atomic E-state index is 12.9. The van der Waals surface area contributed by atoms with Crippen molar-refractivity contribution < 1.29 is 9.59 Å². The molecule has 0 aliphatic carbocycles. The highest BCUT2D eigenvalue weighted by Crippen LogP contribution is 2.31. The van der Waals surface area contributed by atoms with Gasteiger partial charge in [0.2, 0.25) is 5.91 Å². The molecule has 1 aliphatic rings. The van der Waals surface area contributed by atoms with Crippen LogP contribution in [0, 0.1) is 0 Å². The van der Waals surface area contributed by atoms with Crippen LogP contribution in [0.5, 0.6) is 0 Å². The fourth-order valence-corrected chi connectivity index (χ4v) is 4.14. The number of halogens is 1. The first-order valence-electron chi connectivity index (χ1n) is 10.6. The van der Waals surface area contributed by atoms with E-state index in [1.807, 2.05) is 29.2 Å². The van der Waals surface area contributed by atoms with Gasteiger partial charge in [-0.15, -0.1) is 0 Å². The number of hydrogen-bond donors (Lipinski definition) is 1. The molecule has 1 atom stereocenters. The van der Waals surface area contributed by atoms with E-state index in [0.717, 1.165) is 29.8 Å². The van der Waals surface area contributed by atoms with Crippen LogP contribution in [-0.2, 0) is 11.2 Å². The van der Waals surface area contributed by atoms with Gasteiger partial charge in [0, 0.05) is 49.5 Å². The van der Waals surface area contributed by atoms with Crippen molar-refractivity contribution >= 4 is 23.4 Å². The highest BCUT2D eigenvalue weighted by atomic mass is 35.5. The number of rotatable bonds is 7.